The van der Waals surface area contributed by atoms with Gasteiger partial charge in [-0.3, -0.25) is 9.59 Å². The number of anilines is 2. The Morgan fingerprint density at radius 1 is 0.906 bits per heavy atom. The summed E-state index contributed by atoms with van der Waals surface area (Å²) < 4.78 is 0. The summed E-state index contributed by atoms with van der Waals surface area (Å²) in [6.45, 7) is 5.98. The summed E-state index contributed by atoms with van der Waals surface area (Å²) in [5.41, 5.74) is 4.75. The van der Waals surface area contributed by atoms with Crippen LogP contribution in [0.4, 0.5) is 11.4 Å². The van der Waals surface area contributed by atoms with Gasteiger partial charge < -0.3 is 19.6 Å². The Balaban J connectivity index is 1.31. The molecule has 1 atom stereocenters. The third kappa shape index (κ3) is 3.72. The maximum absolute atomic E-state index is 13.3. The first kappa shape index (κ1) is 20.9. The monoisotopic (exact) mass is 432 g/mol. The van der Waals surface area contributed by atoms with Crippen LogP contribution in [0.3, 0.4) is 0 Å². The molecule has 2 amide bonds. The summed E-state index contributed by atoms with van der Waals surface area (Å²) in [5.74, 6) is 0.163. The van der Waals surface area contributed by atoms with Gasteiger partial charge >= 0.3 is 0 Å². The quantitative estimate of drug-likeness (QED) is 0.725. The largest absolute Gasteiger partial charge is 0.368 e. The van der Waals surface area contributed by atoms with Crippen LogP contribution in [-0.2, 0) is 0 Å². The van der Waals surface area contributed by atoms with E-state index in [9.17, 15) is 9.59 Å². The molecule has 3 aliphatic rings. The number of hydrogen-bond donors (Lipinski definition) is 0. The number of amides is 2. The third-order valence-electron chi connectivity index (χ3n) is 7.25. The van der Waals surface area contributed by atoms with Crippen molar-refractivity contribution in [3.05, 3.63) is 59.2 Å². The zero-order chi connectivity index (χ0) is 22.2. The van der Waals surface area contributed by atoms with Gasteiger partial charge in [0.25, 0.3) is 11.8 Å². The fourth-order valence-electron chi connectivity index (χ4n) is 5.29. The molecule has 2 fully saturated rings. The third-order valence-corrected chi connectivity index (χ3v) is 7.25. The Kier molecular flexibility index (Phi) is 5.53. The Morgan fingerprint density at radius 2 is 1.66 bits per heavy atom. The number of hydrogen-bond acceptors (Lipinski definition) is 4. The predicted octanol–water partition coefficient (Wildman–Crippen LogP) is 3.75. The summed E-state index contributed by atoms with van der Waals surface area (Å²) in [7, 11) is 2.06. The molecule has 0 spiro atoms. The molecular formula is C26H32N4O2. The molecule has 3 heterocycles. The molecule has 2 saturated heterocycles. The first-order valence-corrected chi connectivity index (χ1v) is 11.8. The minimum absolute atomic E-state index is 0.0560. The lowest BCUT2D eigenvalue weighted by Crippen LogP contribution is -2.53. The number of fused-ring (bicyclic) bond motifs is 2. The SMILES string of the molecule is Cc1ccc(N2CCN(C(=O)c3ccc4c(c3)N(C)[C@@H]3CCCCCN3C4=O)CC2)cc1. The van der Waals surface area contributed by atoms with Gasteiger partial charge in [0.1, 0.15) is 6.17 Å². The average Bonchev–Trinajstić information content (AvgIpc) is 3.09. The molecule has 0 saturated carbocycles. The van der Waals surface area contributed by atoms with E-state index < -0.39 is 0 Å². The first-order valence-electron chi connectivity index (χ1n) is 11.8. The Hall–Kier alpha value is -3.02. The minimum Gasteiger partial charge on any atom is -0.368 e. The van der Waals surface area contributed by atoms with E-state index in [0.717, 1.165) is 44.6 Å². The van der Waals surface area contributed by atoms with E-state index in [4.69, 9.17) is 0 Å². The molecule has 0 radical (unpaired) electrons. The van der Waals surface area contributed by atoms with Crippen molar-refractivity contribution in [2.75, 3.05) is 49.6 Å². The molecule has 2 aromatic rings. The van der Waals surface area contributed by atoms with Gasteiger partial charge in [-0.2, -0.15) is 0 Å². The number of carbonyl (C=O) groups excluding carboxylic acids is 2. The smallest absolute Gasteiger partial charge is 0.257 e. The van der Waals surface area contributed by atoms with Crippen LogP contribution in [0.25, 0.3) is 0 Å². The van der Waals surface area contributed by atoms with Gasteiger partial charge in [0, 0.05) is 51.0 Å². The highest BCUT2D eigenvalue weighted by molar-refractivity contribution is 6.04. The molecule has 5 rings (SSSR count). The van der Waals surface area contributed by atoms with E-state index in [2.05, 4.69) is 48.0 Å². The van der Waals surface area contributed by atoms with Crippen LogP contribution in [0.15, 0.2) is 42.5 Å². The molecule has 0 N–H and O–H groups in total. The van der Waals surface area contributed by atoms with Crippen molar-refractivity contribution < 1.29 is 9.59 Å². The van der Waals surface area contributed by atoms with E-state index >= 15 is 0 Å². The van der Waals surface area contributed by atoms with Crippen molar-refractivity contribution in [3.63, 3.8) is 0 Å². The molecule has 0 bridgehead atoms. The van der Waals surface area contributed by atoms with Crippen LogP contribution in [0.5, 0.6) is 0 Å². The fraction of sp³-hybridized carbons (Fsp3) is 0.462. The Morgan fingerprint density at radius 3 is 2.41 bits per heavy atom. The number of rotatable bonds is 2. The standard InChI is InChI=1S/C26H32N4O2/c1-19-7-10-21(11-8-19)28-14-16-29(17-15-28)25(31)20-9-12-22-23(18-20)27(2)24-6-4-3-5-13-30(24)26(22)32/h7-12,18,24H,3-6,13-17H2,1-2H3/t24-/m0/s1. The van der Waals surface area contributed by atoms with Crippen molar-refractivity contribution in [2.45, 2.75) is 38.8 Å². The number of nitrogens with zero attached hydrogens (tertiary/aromatic N) is 4. The molecule has 0 aliphatic carbocycles. The van der Waals surface area contributed by atoms with Gasteiger partial charge in [-0.1, -0.05) is 24.1 Å². The van der Waals surface area contributed by atoms with Gasteiger partial charge in [-0.15, -0.1) is 0 Å². The molecule has 2 aromatic carbocycles. The van der Waals surface area contributed by atoms with Gasteiger partial charge in [0.2, 0.25) is 0 Å². The van der Waals surface area contributed by atoms with Crippen LogP contribution in [0.1, 0.15) is 52.0 Å². The van der Waals surface area contributed by atoms with Crippen LogP contribution >= 0.6 is 0 Å². The van der Waals surface area contributed by atoms with Crippen molar-refractivity contribution >= 4 is 23.2 Å². The second-order valence-corrected chi connectivity index (χ2v) is 9.29. The van der Waals surface area contributed by atoms with Crippen LogP contribution in [0, 0.1) is 6.92 Å². The van der Waals surface area contributed by atoms with Gasteiger partial charge in [0.05, 0.1) is 11.3 Å². The fourth-order valence-corrected chi connectivity index (χ4v) is 5.29. The number of carbonyl (C=O) groups is 2. The molecule has 3 aliphatic heterocycles. The summed E-state index contributed by atoms with van der Waals surface area (Å²) in [4.78, 5) is 34.9. The Labute approximate surface area is 190 Å². The summed E-state index contributed by atoms with van der Waals surface area (Å²) in [5, 5.41) is 0. The molecule has 6 nitrogen and oxygen atoms in total. The van der Waals surface area contributed by atoms with Crippen LogP contribution in [0.2, 0.25) is 0 Å². The predicted molar refractivity (Wildman–Crippen MR) is 127 cm³/mol. The molecule has 6 heteroatoms. The maximum atomic E-state index is 13.3. The van der Waals surface area contributed by atoms with Crippen LogP contribution < -0.4 is 9.80 Å². The lowest BCUT2D eigenvalue weighted by molar-refractivity contribution is 0.0659. The highest BCUT2D eigenvalue weighted by atomic mass is 16.2. The van der Waals surface area contributed by atoms with Gasteiger partial charge in [-0.25, -0.2) is 0 Å². The van der Waals surface area contributed by atoms with Crippen molar-refractivity contribution in [3.8, 4) is 0 Å². The lowest BCUT2D eigenvalue weighted by Gasteiger charge is -2.43. The molecule has 168 valence electrons. The average molecular weight is 433 g/mol. The zero-order valence-electron chi connectivity index (χ0n) is 19.1. The summed E-state index contributed by atoms with van der Waals surface area (Å²) >= 11 is 0. The number of piperazine rings is 1. The van der Waals surface area contributed by atoms with Crippen LogP contribution in [-0.4, -0.2) is 67.6 Å². The summed E-state index contributed by atoms with van der Waals surface area (Å²) in [6.07, 6.45) is 4.46. The second kappa shape index (κ2) is 8.49. The van der Waals surface area contributed by atoms with E-state index in [1.165, 1.54) is 17.7 Å². The van der Waals surface area contributed by atoms with Gasteiger partial charge in [-0.05, 0) is 56.5 Å². The van der Waals surface area contributed by atoms with E-state index in [1.807, 2.05) is 28.0 Å². The normalized spacial score (nSPS) is 21.2. The zero-order valence-corrected chi connectivity index (χ0v) is 19.1. The molecule has 32 heavy (non-hydrogen) atoms. The number of benzene rings is 2. The second-order valence-electron chi connectivity index (χ2n) is 9.29. The minimum atomic E-state index is 0.0560. The maximum Gasteiger partial charge on any atom is 0.257 e. The van der Waals surface area contributed by atoms with Crippen molar-refractivity contribution in [2.24, 2.45) is 0 Å². The summed E-state index contributed by atoms with van der Waals surface area (Å²) in [6, 6.07) is 14.2. The lowest BCUT2D eigenvalue weighted by atomic mass is 10.0. The van der Waals surface area contributed by atoms with Crippen molar-refractivity contribution in [1.29, 1.82) is 0 Å². The highest BCUT2D eigenvalue weighted by Gasteiger charge is 2.36. The Bertz CT molecular complexity index is 1010. The van der Waals surface area contributed by atoms with E-state index in [-0.39, 0.29) is 18.0 Å². The molecule has 0 aromatic heterocycles. The molecule has 0 unspecified atom stereocenters. The highest BCUT2D eigenvalue weighted by Crippen LogP contribution is 2.34. The topological polar surface area (TPSA) is 47.1 Å². The van der Waals surface area contributed by atoms with Crippen molar-refractivity contribution in [1.82, 2.24) is 9.80 Å². The van der Waals surface area contributed by atoms with E-state index in [1.54, 1.807) is 0 Å². The van der Waals surface area contributed by atoms with Gasteiger partial charge in [0.15, 0.2) is 0 Å². The van der Waals surface area contributed by atoms with E-state index in [0.29, 0.717) is 24.2 Å². The number of aryl methyl sites for hydroxylation is 1. The first-order chi connectivity index (χ1) is 15.5. The molecular weight excluding hydrogens is 400 g/mol.